The molecule has 444 valence electrons. The SMILES string of the molecule is COc1cc(S(C)(=O)=O)ccc1NCC#Cc1cc2c(NC3CCN(CCOCCOCCOCCNC(=O)CC#Cc4ccc5c(=O)n(CC6(O)CCN(C(=O)C[C@@H](C)c7ccccc7)CC6)cnn45)CC3)cccc2n1CC(F)(F)F. The minimum absolute atomic E-state index is 0.0447. The highest BCUT2D eigenvalue weighted by molar-refractivity contribution is 7.90. The number of aromatic nitrogens is 4. The third kappa shape index (κ3) is 17.6. The molecule has 8 rings (SSSR count). The monoisotopic (exact) mass is 1170 g/mol. The Morgan fingerprint density at radius 2 is 1.55 bits per heavy atom. The molecule has 5 heterocycles. The number of fused-ring (bicyclic) bond motifs is 2. The van der Waals surface area contributed by atoms with Crippen molar-refractivity contribution in [2.24, 2.45) is 0 Å². The van der Waals surface area contributed by atoms with Gasteiger partial charge in [0.2, 0.25) is 11.8 Å². The number of hydrogen-bond acceptors (Lipinski definition) is 14. The number of likely N-dealkylation sites (tertiary alicyclic amines) is 2. The molecule has 0 spiro atoms. The summed E-state index contributed by atoms with van der Waals surface area (Å²) in [7, 11) is -2.04. The standard InChI is InChI=1S/C60H72F3N9O10S/c1-44(45-10-5-4-6-11-45)38-57(74)69-29-23-59(76,24-30-69)41-70-43-66-72-47(17-20-54(72)58(70)75)12-7-16-56(73)65-26-32-80-34-36-82-37-35-81-33-31-68-27-21-46(22-28-68)67-51-14-8-15-53-50(51)39-48(71(53)42-60(61,62)63)13-9-25-64-52-19-18-49(83(3,77)78)40-55(52)79-2/h4-6,8,10-11,14-15,17-20,39-40,43-44,46,64,67,76H,16,21-38,41-42H2,1-3H3,(H,65,73)/t44-/m1/s1. The molecule has 0 saturated carbocycles. The van der Waals surface area contributed by atoms with Gasteiger partial charge in [0.1, 0.15) is 29.8 Å². The van der Waals surface area contributed by atoms with Gasteiger partial charge in [-0.3, -0.25) is 19.0 Å². The number of rotatable bonds is 25. The molecular weight excluding hydrogens is 1100 g/mol. The highest BCUT2D eigenvalue weighted by Gasteiger charge is 2.35. The van der Waals surface area contributed by atoms with Crippen LogP contribution in [0.5, 0.6) is 5.75 Å². The number of methoxy groups -OCH3 is 1. The summed E-state index contributed by atoms with van der Waals surface area (Å²) in [5, 5.41) is 25.9. The lowest BCUT2D eigenvalue weighted by atomic mass is 9.90. The molecule has 4 N–H and O–H groups in total. The van der Waals surface area contributed by atoms with Gasteiger partial charge in [-0.2, -0.15) is 18.3 Å². The van der Waals surface area contributed by atoms with Gasteiger partial charge in [0.05, 0.1) is 93.7 Å². The fraction of sp³-hybridized carbons (Fsp3) is 0.467. The maximum absolute atomic E-state index is 13.9. The number of carbonyl (C=O) groups excluding carboxylic acids is 2. The molecule has 2 aliphatic rings. The van der Waals surface area contributed by atoms with Crippen LogP contribution in [-0.4, -0.2) is 171 Å². The van der Waals surface area contributed by atoms with Crippen LogP contribution in [0, 0.1) is 23.7 Å². The fourth-order valence-corrected chi connectivity index (χ4v) is 10.8. The first-order valence-corrected chi connectivity index (χ1v) is 29.7. The fourth-order valence-electron chi connectivity index (χ4n) is 10.2. The van der Waals surface area contributed by atoms with Gasteiger partial charge in [0.15, 0.2) is 9.84 Å². The zero-order valence-electron chi connectivity index (χ0n) is 47.0. The van der Waals surface area contributed by atoms with Crippen LogP contribution in [0.25, 0.3) is 16.4 Å². The van der Waals surface area contributed by atoms with Crippen molar-refractivity contribution in [3.8, 4) is 29.4 Å². The highest BCUT2D eigenvalue weighted by atomic mass is 32.2. The lowest BCUT2D eigenvalue weighted by Gasteiger charge is -2.38. The Balaban J connectivity index is 0.665. The Kier molecular flexibility index (Phi) is 21.4. The molecule has 2 amide bonds. The Morgan fingerprint density at radius 3 is 2.27 bits per heavy atom. The van der Waals surface area contributed by atoms with Crippen LogP contribution in [0.2, 0.25) is 0 Å². The number of piperidine rings is 2. The number of ether oxygens (including phenoxy) is 4. The van der Waals surface area contributed by atoms with E-state index >= 15 is 0 Å². The van der Waals surface area contributed by atoms with Crippen LogP contribution >= 0.6 is 0 Å². The predicted octanol–water partition coefficient (Wildman–Crippen LogP) is 5.92. The number of nitrogens with one attached hydrogen (secondary N) is 3. The van der Waals surface area contributed by atoms with Crippen molar-refractivity contribution < 1.29 is 55.2 Å². The number of halogens is 3. The van der Waals surface area contributed by atoms with E-state index < -0.39 is 28.2 Å². The molecule has 2 saturated heterocycles. The van der Waals surface area contributed by atoms with E-state index in [0.29, 0.717) is 100.0 Å². The maximum atomic E-state index is 13.9. The topological polar surface area (TPSA) is 212 Å². The molecule has 2 fully saturated rings. The number of sulfone groups is 1. The predicted molar refractivity (Wildman–Crippen MR) is 309 cm³/mol. The van der Waals surface area contributed by atoms with Gasteiger partial charge in [-0.25, -0.2) is 12.9 Å². The minimum Gasteiger partial charge on any atom is -0.495 e. The van der Waals surface area contributed by atoms with E-state index in [-0.39, 0.29) is 71.6 Å². The summed E-state index contributed by atoms with van der Waals surface area (Å²) in [4.78, 5) is 43.1. The van der Waals surface area contributed by atoms with Crippen molar-refractivity contribution >= 4 is 49.4 Å². The van der Waals surface area contributed by atoms with Crippen molar-refractivity contribution in [3.63, 3.8) is 0 Å². The van der Waals surface area contributed by atoms with Crippen molar-refractivity contribution in [2.75, 3.05) is 109 Å². The Hall–Kier alpha value is -7.38. The van der Waals surface area contributed by atoms with Crippen molar-refractivity contribution in [1.82, 2.24) is 33.9 Å². The van der Waals surface area contributed by atoms with Gasteiger partial charge in [0, 0.05) is 75.1 Å². The molecule has 2 aliphatic heterocycles. The van der Waals surface area contributed by atoms with E-state index in [0.717, 1.165) is 50.0 Å². The van der Waals surface area contributed by atoms with Crippen molar-refractivity contribution in [1.29, 1.82) is 0 Å². The molecule has 83 heavy (non-hydrogen) atoms. The van der Waals surface area contributed by atoms with Gasteiger partial charge < -0.3 is 54.4 Å². The van der Waals surface area contributed by atoms with Gasteiger partial charge in [-0.05, 0) is 91.5 Å². The maximum Gasteiger partial charge on any atom is 0.406 e. The summed E-state index contributed by atoms with van der Waals surface area (Å²) < 4.78 is 91.8. The molecule has 0 aliphatic carbocycles. The average molecular weight is 1170 g/mol. The van der Waals surface area contributed by atoms with Crippen LogP contribution in [0.4, 0.5) is 24.5 Å². The van der Waals surface area contributed by atoms with Crippen LogP contribution in [0.15, 0.2) is 101 Å². The summed E-state index contributed by atoms with van der Waals surface area (Å²) in [6.07, 6.45) is 0.658. The molecule has 3 aromatic heterocycles. The first kappa shape index (κ1) is 61.7. The number of benzene rings is 3. The van der Waals surface area contributed by atoms with Crippen LogP contribution < -0.4 is 26.2 Å². The number of amides is 2. The van der Waals surface area contributed by atoms with Crippen LogP contribution in [0.1, 0.15) is 68.3 Å². The van der Waals surface area contributed by atoms with E-state index in [4.69, 9.17) is 18.9 Å². The number of aliphatic hydroxyl groups is 1. The zero-order chi connectivity index (χ0) is 59.0. The first-order chi connectivity index (χ1) is 39.9. The third-order valence-electron chi connectivity index (χ3n) is 14.7. The smallest absolute Gasteiger partial charge is 0.406 e. The Bertz CT molecular complexity index is 3480. The van der Waals surface area contributed by atoms with Crippen LogP contribution in [0.3, 0.4) is 0 Å². The Labute approximate surface area is 481 Å². The highest BCUT2D eigenvalue weighted by Crippen LogP contribution is 2.33. The van der Waals surface area contributed by atoms with Gasteiger partial charge in [-0.1, -0.05) is 55.2 Å². The summed E-state index contributed by atoms with van der Waals surface area (Å²) >= 11 is 0. The van der Waals surface area contributed by atoms with Gasteiger partial charge in [0.25, 0.3) is 5.56 Å². The first-order valence-electron chi connectivity index (χ1n) is 27.8. The summed E-state index contributed by atoms with van der Waals surface area (Å²) in [5.41, 5.74) is 2.19. The largest absolute Gasteiger partial charge is 0.495 e. The van der Waals surface area contributed by atoms with E-state index in [1.54, 1.807) is 41.3 Å². The Morgan fingerprint density at radius 1 is 0.843 bits per heavy atom. The molecule has 23 heteroatoms. The summed E-state index contributed by atoms with van der Waals surface area (Å²) in [6.45, 7) is 6.77. The van der Waals surface area contributed by atoms with E-state index in [9.17, 15) is 41.1 Å². The van der Waals surface area contributed by atoms with Crippen LogP contribution in [-0.2, 0) is 46.7 Å². The minimum atomic E-state index is -4.48. The van der Waals surface area contributed by atoms with E-state index in [1.807, 2.05) is 43.3 Å². The normalized spacial score (nSPS) is 15.3. The van der Waals surface area contributed by atoms with Gasteiger partial charge >= 0.3 is 6.18 Å². The second kappa shape index (κ2) is 28.7. The summed E-state index contributed by atoms with van der Waals surface area (Å²) in [5.74, 6) is 11.7. The molecule has 19 nitrogen and oxygen atoms in total. The average Bonchev–Trinajstić information content (AvgIpc) is 3.59. The second-order valence-electron chi connectivity index (χ2n) is 20.9. The van der Waals surface area contributed by atoms with E-state index in [2.05, 4.69) is 49.6 Å². The molecule has 0 bridgehead atoms. The molecule has 3 aromatic carbocycles. The number of hydrogen-bond donors (Lipinski definition) is 4. The number of carbonyl (C=O) groups is 2. The lowest BCUT2D eigenvalue weighted by molar-refractivity contribution is -0.140. The second-order valence-corrected chi connectivity index (χ2v) is 22.9. The molecular formula is C60H72F3N9O10S. The molecule has 6 aromatic rings. The number of nitrogens with zero attached hydrogens (tertiary/aromatic N) is 6. The van der Waals surface area contributed by atoms with Gasteiger partial charge in [-0.15, -0.1) is 0 Å². The molecule has 0 radical (unpaired) electrons. The molecule has 1 atom stereocenters. The molecule has 0 unspecified atom stereocenters. The quantitative estimate of drug-likeness (QED) is 0.0388. The summed E-state index contributed by atoms with van der Waals surface area (Å²) in [6, 6.07) is 24.6. The van der Waals surface area contributed by atoms with E-state index in [1.165, 1.54) is 39.2 Å². The number of alkyl halides is 3. The van der Waals surface area contributed by atoms with Crippen molar-refractivity contribution in [2.45, 2.75) is 87.2 Å². The third-order valence-corrected chi connectivity index (χ3v) is 15.9. The van der Waals surface area contributed by atoms with Crippen molar-refractivity contribution in [3.05, 3.63) is 119 Å². The lowest BCUT2D eigenvalue weighted by Crippen LogP contribution is -2.49. The zero-order valence-corrected chi connectivity index (χ0v) is 47.8. The number of anilines is 2.